The smallest absolute Gasteiger partial charge is 0.405 e. The first-order valence-corrected chi connectivity index (χ1v) is 19.3. The van der Waals surface area contributed by atoms with E-state index in [1.807, 2.05) is 54.6 Å². The molecule has 11 nitrogen and oxygen atoms in total. The average molecular weight is 707 g/mol. The normalized spacial score (nSPS) is 28.7. The number of fused-ring (bicyclic) bond motifs is 2. The molecule has 0 spiro atoms. The first kappa shape index (κ1) is 34.8. The maximum Gasteiger partial charge on any atom is 0.405 e. The molecule has 2 heterocycles. The summed E-state index contributed by atoms with van der Waals surface area (Å²) in [5.74, 6) is -1.80. The number of thioether (sulfide) groups is 1. The van der Waals surface area contributed by atoms with Crippen LogP contribution in [0.25, 0.3) is 11.1 Å². The number of benzene rings is 2. The number of carbonyl (C=O) groups excluding carboxylic acids is 3. The van der Waals surface area contributed by atoms with Crippen LogP contribution in [0.15, 0.2) is 79.4 Å². The number of nitrogens with one attached hydrogen (secondary N) is 3. The van der Waals surface area contributed by atoms with Crippen molar-refractivity contribution in [3.63, 3.8) is 0 Å². The second-order valence-electron chi connectivity index (χ2n) is 13.4. The Bertz CT molecular complexity index is 1750. The van der Waals surface area contributed by atoms with Crippen molar-refractivity contribution in [3.05, 3.63) is 85.0 Å². The lowest BCUT2D eigenvalue weighted by molar-refractivity contribution is -0.141. The second kappa shape index (κ2) is 14.0. The number of rotatable bonds is 9. The molecule has 3 unspecified atom stereocenters. The van der Waals surface area contributed by atoms with Crippen LogP contribution in [-0.4, -0.2) is 77.4 Å². The Labute approximate surface area is 291 Å². The molecule has 2 aliphatic heterocycles. The molecule has 0 aromatic heterocycles. The molecule has 13 heteroatoms. The maximum absolute atomic E-state index is 14.4. The highest BCUT2D eigenvalue weighted by molar-refractivity contribution is 8.00. The number of nitrogens with zero attached hydrogens (tertiary/aromatic N) is 1. The zero-order valence-corrected chi connectivity index (χ0v) is 28.8. The van der Waals surface area contributed by atoms with E-state index in [1.165, 1.54) is 11.0 Å². The predicted octanol–water partition coefficient (Wildman–Crippen LogP) is 4.32. The molecule has 2 saturated carbocycles. The van der Waals surface area contributed by atoms with E-state index in [2.05, 4.69) is 34.1 Å². The average Bonchev–Trinajstić information content (AvgIpc) is 4.02. The van der Waals surface area contributed by atoms with Gasteiger partial charge in [0.25, 0.3) is 5.91 Å². The Kier molecular flexibility index (Phi) is 9.95. The summed E-state index contributed by atoms with van der Waals surface area (Å²) in [6.07, 6.45) is 8.12. The van der Waals surface area contributed by atoms with E-state index in [0.29, 0.717) is 25.0 Å². The van der Waals surface area contributed by atoms with Gasteiger partial charge in [-0.05, 0) is 61.6 Å². The second-order valence-corrected chi connectivity index (χ2v) is 16.7. The van der Waals surface area contributed by atoms with Gasteiger partial charge < -0.3 is 20.6 Å². The Balaban J connectivity index is 1.35. The van der Waals surface area contributed by atoms with Gasteiger partial charge in [0.05, 0.1) is 10.00 Å². The molecule has 0 radical (unpaired) electrons. The van der Waals surface area contributed by atoms with Crippen molar-refractivity contribution in [1.29, 1.82) is 0 Å². The summed E-state index contributed by atoms with van der Waals surface area (Å²) in [5.41, 5.74) is 1.45. The summed E-state index contributed by atoms with van der Waals surface area (Å²) in [6, 6.07) is 15.9. The number of allylic oxidation sites excluding steroid dienone is 1. The number of carbonyl (C=O) groups is 4. The van der Waals surface area contributed by atoms with E-state index < -0.39 is 67.4 Å². The molecule has 260 valence electrons. The molecule has 2 aliphatic carbocycles. The molecular formula is C36H42N4O7S2. The van der Waals surface area contributed by atoms with Gasteiger partial charge in [-0.1, -0.05) is 79.2 Å². The summed E-state index contributed by atoms with van der Waals surface area (Å²) in [6.45, 7) is 3.91. The minimum atomic E-state index is -3.88. The fourth-order valence-electron chi connectivity index (χ4n) is 6.96. The molecular weight excluding hydrogens is 665 g/mol. The van der Waals surface area contributed by atoms with Gasteiger partial charge in [0.1, 0.15) is 17.6 Å². The van der Waals surface area contributed by atoms with Crippen LogP contribution >= 0.6 is 11.8 Å². The topological polar surface area (TPSA) is 162 Å². The van der Waals surface area contributed by atoms with Crippen LogP contribution in [-0.2, 0) is 29.2 Å². The first-order valence-electron chi connectivity index (χ1n) is 16.7. The highest BCUT2D eigenvalue weighted by atomic mass is 32.2. The lowest BCUT2D eigenvalue weighted by Gasteiger charge is -2.31. The van der Waals surface area contributed by atoms with Crippen molar-refractivity contribution in [1.82, 2.24) is 20.3 Å². The highest BCUT2D eigenvalue weighted by Gasteiger charge is 2.62. The van der Waals surface area contributed by atoms with Crippen molar-refractivity contribution < 1.29 is 32.7 Å². The van der Waals surface area contributed by atoms with Crippen LogP contribution in [0.3, 0.4) is 0 Å². The van der Waals surface area contributed by atoms with E-state index in [9.17, 15) is 32.7 Å². The SMILES string of the molecule is C=C[C@@H]1C[C@]1(NC(=O)C1CC2(c3ccc(-c4ccccc4)cc3)CN1C(=O)C(NC(=O)O)CCCCC=CCS2)C(=O)NS(=O)(=O)C1CC1. The molecule has 5 atom stereocenters. The molecule has 3 fully saturated rings. The third kappa shape index (κ3) is 7.42. The van der Waals surface area contributed by atoms with Gasteiger partial charge in [-0.25, -0.2) is 13.2 Å². The van der Waals surface area contributed by atoms with E-state index in [1.54, 1.807) is 11.8 Å². The van der Waals surface area contributed by atoms with Crippen LogP contribution in [0, 0.1) is 5.92 Å². The zero-order valence-electron chi connectivity index (χ0n) is 27.2. The van der Waals surface area contributed by atoms with E-state index >= 15 is 0 Å². The lowest BCUT2D eigenvalue weighted by atomic mass is 9.93. The van der Waals surface area contributed by atoms with Gasteiger partial charge in [0, 0.05) is 18.2 Å². The predicted molar refractivity (Wildman–Crippen MR) is 188 cm³/mol. The molecule has 2 aromatic carbocycles. The highest BCUT2D eigenvalue weighted by Crippen LogP contribution is 2.50. The van der Waals surface area contributed by atoms with Gasteiger partial charge in [0.2, 0.25) is 21.8 Å². The summed E-state index contributed by atoms with van der Waals surface area (Å²) in [7, 11) is -3.88. The third-order valence-corrected chi connectivity index (χ3v) is 13.3. The summed E-state index contributed by atoms with van der Waals surface area (Å²) < 4.78 is 26.8. The lowest BCUT2D eigenvalue weighted by Crippen LogP contribution is -2.58. The summed E-state index contributed by atoms with van der Waals surface area (Å²) in [4.78, 5) is 55.4. The molecule has 4 amide bonds. The Hall–Kier alpha value is -4.10. The van der Waals surface area contributed by atoms with Crippen molar-refractivity contribution in [3.8, 4) is 11.1 Å². The quantitative estimate of drug-likeness (QED) is 0.281. The largest absolute Gasteiger partial charge is 0.465 e. The van der Waals surface area contributed by atoms with Gasteiger partial charge in [-0.2, -0.15) is 0 Å². The van der Waals surface area contributed by atoms with E-state index in [4.69, 9.17) is 0 Å². The van der Waals surface area contributed by atoms with Crippen LogP contribution in [0.5, 0.6) is 0 Å². The van der Waals surface area contributed by atoms with Crippen LogP contribution in [0.2, 0.25) is 0 Å². The molecule has 2 aromatic rings. The van der Waals surface area contributed by atoms with Crippen molar-refractivity contribution >= 4 is 45.6 Å². The van der Waals surface area contributed by atoms with E-state index in [0.717, 1.165) is 29.5 Å². The zero-order chi connectivity index (χ0) is 34.8. The number of amides is 4. The molecule has 4 aliphatic rings. The van der Waals surface area contributed by atoms with Crippen molar-refractivity contribution in [2.45, 2.75) is 79.0 Å². The monoisotopic (exact) mass is 706 g/mol. The summed E-state index contributed by atoms with van der Waals surface area (Å²) in [5, 5.41) is 14.2. The fourth-order valence-corrected chi connectivity index (χ4v) is 9.69. The number of hydrogen-bond donors (Lipinski definition) is 4. The van der Waals surface area contributed by atoms with Gasteiger partial charge in [0.15, 0.2) is 0 Å². The summed E-state index contributed by atoms with van der Waals surface area (Å²) >= 11 is 1.62. The molecule has 6 rings (SSSR count). The fraction of sp³-hybridized carbons (Fsp3) is 0.444. The van der Waals surface area contributed by atoms with Crippen molar-refractivity contribution in [2.75, 3.05) is 12.3 Å². The minimum Gasteiger partial charge on any atom is -0.465 e. The van der Waals surface area contributed by atoms with Crippen LogP contribution in [0.1, 0.15) is 56.9 Å². The first-order chi connectivity index (χ1) is 23.5. The van der Waals surface area contributed by atoms with Gasteiger partial charge in [-0.15, -0.1) is 18.3 Å². The Morgan fingerprint density at radius 2 is 1.67 bits per heavy atom. The molecule has 4 N–H and O–H groups in total. The Morgan fingerprint density at radius 3 is 2.33 bits per heavy atom. The number of carboxylic acid groups (broad SMARTS) is 1. The number of sulfonamides is 1. The van der Waals surface area contributed by atoms with E-state index in [-0.39, 0.29) is 25.8 Å². The van der Waals surface area contributed by atoms with Crippen molar-refractivity contribution in [2.24, 2.45) is 5.92 Å². The van der Waals surface area contributed by atoms with Crippen LogP contribution < -0.4 is 15.4 Å². The van der Waals surface area contributed by atoms with Gasteiger partial charge >= 0.3 is 6.09 Å². The van der Waals surface area contributed by atoms with Crippen LogP contribution in [0.4, 0.5) is 4.79 Å². The standard InChI is InChI=1S/C36H42N4O7S2/c1-2-26-21-36(26,33(43)39-49(46,47)28-18-19-28)38-31(41)30-22-35(27-16-14-25(15-17-27)24-11-7-6-8-12-24)23-40(30)32(42)29(37-34(44)45)13-9-4-3-5-10-20-48-35/h2,5-8,10-12,14-17,26,28-30,37H,1,3-4,9,13,18-23H2,(H,38,41)(H,39,43)(H,44,45)/t26-,29?,30?,35?,36-/m1/s1. The van der Waals surface area contributed by atoms with Gasteiger partial charge in [-0.3, -0.25) is 19.1 Å². The number of hydrogen-bond acceptors (Lipinski definition) is 7. The molecule has 49 heavy (non-hydrogen) atoms. The Morgan fingerprint density at radius 1 is 0.959 bits per heavy atom. The molecule has 1 saturated heterocycles. The molecule has 2 bridgehead atoms. The third-order valence-electron chi connectivity index (χ3n) is 10.0. The maximum atomic E-state index is 14.4. The minimum absolute atomic E-state index is 0.130.